The second-order valence-electron chi connectivity index (χ2n) is 3.74. The van der Waals surface area contributed by atoms with Gasteiger partial charge in [-0.1, -0.05) is 23.7 Å². The number of hydrogen-bond acceptors (Lipinski definition) is 2. The number of amides is 1. The van der Waals surface area contributed by atoms with Crippen LogP contribution in [-0.2, 0) is 0 Å². The number of carbonyl (C=O) groups excluding carboxylic acids is 1. The van der Waals surface area contributed by atoms with Gasteiger partial charge in [0.2, 0.25) is 0 Å². The lowest BCUT2D eigenvalue weighted by molar-refractivity contribution is 0.102. The van der Waals surface area contributed by atoms with Gasteiger partial charge < -0.3 is 5.32 Å². The molecule has 94 valence electrons. The molecule has 0 heterocycles. The Bertz CT molecular complexity index is 659. The van der Waals surface area contributed by atoms with Crippen molar-refractivity contribution in [3.8, 4) is 6.07 Å². The van der Waals surface area contributed by atoms with Crippen LogP contribution < -0.4 is 5.32 Å². The van der Waals surface area contributed by atoms with Gasteiger partial charge in [0, 0.05) is 5.69 Å². The predicted octanol–water partition coefficient (Wildman–Crippen LogP) is 3.60. The Balaban J connectivity index is 2.29. The lowest BCUT2D eigenvalue weighted by Gasteiger charge is -2.07. The maximum atomic E-state index is 13.6. The fourth-order valence-corrected chi connectivity index (χ4v) is 1.82. The smallest absolute Gasteiger partial charge is 0.260 e. The van der Waals surface area contributed by atoms with E-state index in [0.29, 0.717) is 11.3 Å². The third kappa shape index (κ3) is 2.90. The number of hydrogen-bond donors (Lipinski definition) is 1. The summed E-state index contributed by atoms with van der Waals surface area (Å²) in [4.78, 5) is 11.9. The van der Waals surface area contributed by atoms with Crippen LogP contribution in [0.4, 0.5) is 10.1 Å². The van der Waals surface area contributed by atoms with Gasteiger partial charge in [-0.15, -0.1) is 0 Å². The Labute approximate surface area is 114 Å². The Morgan fingerprint density at radius 2 is 2.00 bits per heavy atom. The number of carbonyl (C=O) groups is 1. The molecule has 0 spiro atoms. The molecule has 3 nitrogen and oxygen atoms in total. The molecular weight excluding hydrogens is 267 g/mol. The maximum Gasteiger partial charge on any atom is 0.260 e. The molecule has 2 aromatic rings. The summed E-state index contributed by atoms with van der Waals surface area (Å²) in [6.45, 7) is 0. The molecule has 0 saturated heterocycles. The molecule has 0 bridgehead atoms. The molecule has 0 atom stereocenters. The number of nitrogens with one attached hydrogen (secondary N) is 1. The third-order valence-electron chi connectivity index (χ3n) is 2.44. The molecule has 0 aliphatic heterocycles. The van der Waals surface area contributed by atoms with Crippen LogP contribution >= 0.6 is 11.6 Å². The fourth-order valence-electron chi connectivity index (χ4n) is 1.57. The van der Waals surface area contributed by atoms with E-state index in [0.717, 1.165) is 6.07 Å². The van der Waals surface area contributed by atoms with Gasteiger partial charge in [0.1, 0.15) is 5.82 Å². The van der Waals surface area contributed by atoms with E-state index in [4.69, 9.17) is 16.9 Å². The number of nitriles is 1. The van der Waals surface area contributed by atoms with Gasteiger partial charge in [0.25, 0.3) is 5.91 Å². The third-order valence-corrected chi connectivity index (χ3v) is 2.75. The van der Waals surface area contributed by atoms with Gasteiger partial charge in [-0.3, -0.25) is 4.79 Å². The van der Waals surface area contributed by atoms with Crippen molar-refractivity contribution in [1.29, 1.82) is 5.26 Å². The quantitative estimate of drug-likeness (QED) is 0.909. The lowest BCUT2D eigenvalue weighted by atomic mass is 10.1. The molecule has 1 N–H and O–H groups in total. The highest BCUT2D eigenvalue weighted by Gasteiger charge is 2.15. The minimum absolute atomic E-state index is 0.0361. The molecule has 0 aliphatic rings. The van der Waals surface area contributed by atoms with Crippen LogP contribution in [0.1, 0.15) is 15.9 Å². The second-order valence-corrected chi connectivity index (χ2v) is 4.15. The van der Waals surface area contributed by atoms with E-state index in [9.17, 15) is 9.18 Å². The normalized spacial score (nSPS) is 9.74. The summed E-state index contributed by atoms with van der Waals surface area (Å²) in [5, 5.41) is 11.3. The van der Waals surface area contributed by atoms with Crippen LogP contribution in [0, 0.1) is 17.1 Å². The molecule has 0 aromatic heterocycles. The van der Waals surface area contributed by atoms with Crippen molar-refractivity contribution in [2.24, 2.45) is 0 Å². The van der Waals surface area contributed by atoms with Crippen molar-refractivity contribution in [2.45, 2.75) is 0 Å². The van der Waals surface area contributed by atoms with Crippen LogP contribution in [0.3, 0.4) is 0 Å². The average Bonchev–Trinajstić information content (AvgIpc) is 2.38. The first-order valence-corrected chi connectivity index (χ1v) is 5.75. The van der Waals surface area contributed by atoms with Crippen molar-refractivity contribution < 1.29 is 9.18 Å². The summed E-state index contributed by atoms with van der Waals surface area (Å²) in [6, 6.07) is 12.3. The van der Waals surface area contributed by atoms with Gasteiger partial charge in [-0.2, -0.15) is 5.26 Å². The van der Waals surface area contributed by atoms with Crippen LogP contribution in [-0.4, -0.2) is 5.91 Å². The number of anilines is 1. The van der Waals surface area contributed by atoms with Crippen LogP contribution in [0.2, 0.25) is 5.02 Å². The van der Waals surface area contributed by atoms with Gasteiger partial charge in [0.15, 0.2) is 0 Å². The minimum Gasteiger partial charge on any atom is -0.322 e. The summed E-state index contributed by atoms with van der Waals surface area (Å²) in [6.07, 6.45) is 0. The summed E-state index contributed by atoms with van der Waals surface area (Å²) < 4.78 is 13.6. The summed E-state index contributed by atoms with van der Waals surface area (Å²) >= 11 is 5.80. The molecule has 0 unspecified atom stereocenters. The second kappa shape index (κ2) is 5.51. The molecule has 1 amide bonds. The highest BCUT2D eigenvalue weighted by atomic mass is 35.5. The van der Waals surface area contributed by atoms with Crippen molar-refractivity contribution >= 4 is 23.2 Å². The van der Waals surface area contributed by atoms with Crippen LogP contribution in [0.25, 0.3) is 0 Å². The number of benzene rings is 2. The number of rotatable bonds is 2. The largest absolute Gasteiger partial charge is 0.322 e. The zero-order chi connectivity index (χ0) is 13.8. The van der Waals surface area contributed by atoms with Gasteiger partial charge in [-0.25, -0.2) is 4.39 Å². The summed E-state index contributed by atoms with van der Waals surface area (Å²) in [7, 11) is 0. The van der Waals surface area contributed by atoms with Gasteiger partial charge >= 0.3 is 0 Å². The first kappa shape index (κ1) is 13.1. The maximum absolute atomic E-state index is 13.6. The molecule has 0 fully saturated rings. The van der Waals surface area contributed by atoms with Crippen molar-refractivity contribution in [3.63, 3.8) is 0 Å². The van der Waals surface area contributed by atoms with E-state index in [1.54, 1.807) is 18.2 Å². The van der Waals surface area contributed by atoms with Crippen molar-refractivity contribution in [3.05, 3.63) is 64.4 Å². The van der Waals surface area contributed by atoms with E-state index in [2.05, 4.69) is 5.32 Å². The van der Waals surface area contributed by atoms with Gasteiger partial charge in [0.05, 0.1) is 22.2 Å². The summed E-state index contributed by atoms with van der Waals surface area (Å²) in [5.41, 5.74) is 0.590. The molecule has 19 heavy (non-hydrogen) atoms. The lowest BCUT2D eigenvalue weighted by Crippen LogP contribution is -2.14. The Hall–Kier alpha value is -2.38. The molecule has 0 aliphatic carbocycles. The Morgan fingerprint density at radius 1 is 1.26 bits per heavy atom. The van der Waals surface area contributed by atoms with E-state index in [1.807, 2.05) is 6.07 Å². The molecule has 2 aromatic carbocycles. The van der Waals surface area contributed by atoms with E-state index in [-0.39, 0.29) is 10.6 Å². The van der Waals surface area contributed by atoms with Crippen LogP contribution in [0.5, 0.6) is 0 Å². The van der Waals surface area contributed by atoms with Crippen molar-refractivity contribution in [2.75, 3.05) is 5.32 Å². The molecular formula is C14H8ClFN2O. The topological polar surface area (TPSA) is 52.9 Å². The highest BCUT2D eigenvalue weighted by molar-refractivity contribution is 6.34. The zero-order valence-corrected chi connectivity index (χ0v) is 10.4. The van der Waals surface area contributed by atoms with Crippen LogP contribution in [0.15, 0.2) is 42.5 Å². The molecule has 2 rings (SSSR count). The Morgan fingerprint density at radius 3 is 2.68 bits per heavy atom. The number of nitrogens with zero attached hydrogens (tertiary/aromatic N) is 1. The first-order chi connectivity index (χ1) is 9.11. The van der Waals surface area contributed by atoms with Crippen molar-refractivity contribution in [1.82, 2.24) is 0 Å². The molecule has 0 saturated carbocycles. The first-order valence-electron chi connectivity index (χ1n) is 5.37. The monoisotopic (exact) mass is 274 g/mol. The minimum atomic E-state index is -0.693. The number of halogens is 2. The predicted molar refractivity (Wildman–Crippen MR) is 70.5 cm³/mol. The highest BCUT2D eigenvalue weighted by Crippen LogP contribution is 2.20. The van der Waals surface area contributed by atoms with E-state index in [1.165, 1.54) is 18.2 Å². The Kier molecular flexibility index (Phi) is 3.79. The van der Waals surface area contributed by atoms with E-state index < -0.39 is 11.7 Å². The van der Waals surface area contributed by atoms with E-state index >= 15 is 0 Å². The molecule has 0 radical (unpaired) electrons. The average molecular weight is 275 g/mol. The standard InChI is InChI=1S/C14H8ClFN2O/c15-11-5-2-6-12(16)13(11)14(19)18-10-4-1-3-9(7-10)8-17/h1-7H,(H,18,19). The fraction of sp³-hybridized carbons (Fsp3) is 0. The SMILES string of the molecule is N#Cc1cccc(NC(=O)c2c(F)cccc2Cl)c1. The molecule has 5 heteroatoms. The van der Waals surface area contributed by atoms with Gasteiger partial charge in [-0.05, 0) is 30.3 Å². The zero-order valence-electron chi connectivity index (χ0n) is 9.65. The summed E-state index contributed by atoms with van der Waals surface area (Å²) in [5.74, 6) is -1.35.